The van der Waals surface area contributed by atoms with E-state index in [1.807, 2.05) is 20.1 Å². The maximum atomic E-state index is 8.82. The molecule has 0 radical (unpaired) electrons. The zero-order valence-electron chi connectivity index (χ0n) is 8.40. The second kappa shape index (κ2) is 4.82. The minimum Gasteiger partial charge on any atom is -0.367 e. The van der Waals surface area contributed by atoms with Gasteiger partial charge in [-0.15, -0.1) is 0 Å². The number of anilines is 1. The van der Waals surface area contributed by atoms with Gasteiger partial charge >= 0.3 is 0 Å². The van der Waals surface area contributed by atoms with Gasteiger partial charge in [-0.2, -0.15) is 5.26 Å². The van der Waals surface area contributed by atoms with Crippen molar-refractivity contribution < 1.29 is 0 Å². The molecule has 74 valence electrons. The minimum atomic E-state index is 0.256. The monoisotopic (exact) mass is 208 g/mol. The van der Waals surface area contributed by atoms with E-state index in [-0.39, 0.29) is 6.04 Å². The highest BCUT2D eigenvalue weighted by Crippen LogP contribution is 2.16. The highest BCUT2D eigenvalue weighted by molar-refractivity contribution is 7.98. The molecular formula is C9H12N4S. The lowest BCUT2D eigenvalue weighted by molar-refractivity contribution is 0.865. The van der Waals surface area contributed by atoms with Crippen molar-refractivity contribution in [3.8, 4) is 6.07 Å². The smallest absolute Gasteiger partial charge is 0.189 e. The molecule has 0 saturated carbocycles. The van der Waals surface area contributed by atoms with Crippen LogP contribution in [0.15, 0.2) is 11.4 Å². The lowest BCUT2D eigenvalue weighted by Crippen LogP contribution is -2.13. The molecular weight excluding hydrogens is 196 g/mol. The van der Waals surface area contributed by atoms with Gasteiger partial charge in [0.2, 0.25) is 0 Å². The summed E-state index contributed by atoms with van der Waals surface area (Å²) in [5, 5.41) is 12.6. The maximum Gasteiger partial charge on any atom is 0.189 e. The van der Waals surface area contributed by atoms with Crippen LogP contribution in [0.2, 0.25) is 0 Å². The van der Waals surface area contributed by atoms with Gasteiger partial charge in [0.15, 0.2) is 5.16 Å². The topological polar surface area (TPSA) is 61.6 Å². The summed E-state index contributed by atoms with van der Waals surface area (Å²) in [4.78, 5) is 8.25. The van der Waals surface area contributed by atoms with Crippen LogP contribution in [0.5, 0.6) is 0 Å². The van der Waals surface area contributed by atoms with E-state index in [4.69, 9.17) is 5.26 Å². The first-order valence-electron chi connectivity index (χ1n) is 4.25. The van der Waals surface area contributed by atoms with Crippen molar-refractivity contribution >= 4 is 17.6 Å². The van der Waals surface area contributed by atoms with E-state index in [0.29, 0.717) is 16.5 Å². The zero-order chi connectivity index (χ0) is 10.6. The van der Waals surface area contributed by atoms with Crippen molar-refractivity contribution in [1.82, 2.24) is 9.97 Å². The summed E-state index contributed by atoms with van der Waals surface area (Å²) in [6.07, 6.45) is 3.45. The third-order valence-corrected chi connectivity index (χ3v) is 2.06. The number of hydrogen-bond acceptors (Lipinski definition) is 5. The van der Waals surface area contributed by atoms with Gasteiger partial charge < -0.3 is 5.32 Å². The van der Waals surface area contributed by atoms with E-state index in [9.17, 15) is 0 Å². The second-order valence-electron chi connectivity index (χ2n) is 3.03. The Balaban J connectivity index is 3.03. The fourth-order valence-electron chi connectivity index (χ4n) is 0.929. The van der Waals surface area contributed by atoms with Crippen LogP contribution in [0.4, 0.5) is 5.82 Å². The van der Waals surface area contributed by atoms with Crippen LogP contribution in [0.3, 0.4) is 0 Å². The molecule has 1 heterocycles. The van der Waals surface area contributed by atoms with Crippen LogP contribution in [0.25, 0.3) is 0 Å². The molecule has 0 fully saturated rings. The highest BCUT2D eigenvalue weighted by Gasteiger charge is 2.06. The third kappa shape index (κ3) is 2.60. The Kier molecular flexibility index (Phi) is 3.72. The Hall–Kier alpha value is -1.28. The van der Waals surface area contributed by atoms with Crippen LogP contribution < -0.4 is 5.32 Å². The molecule has 1 N–H and O–H groups in total. The van der Waals surface area contributed by atoms with Crippen molar-refractivity contribution in [3.05, 3.63) is 11.8 Å². The van der Waals surface area contributed by atoms with Crippen LogP contribution in [0, 0.1) is 11.3 Å². The molecule has 0 amide bonds. The predicted molar refractivity (Wildman–Crippen MR) is 57.3 cm³/mol. The number of thioether (sulfide) groups is 1. The molecule has 0 aromatic carbocycles. The van der Waals surface area contributed by atoms with Crippen molar-refractivity contribution in [2.75, 3.05) is 11.6 Å². The summed E-state index contributed by atoms with van der Waals surface area (Å²) in [7, 11) is 0. The summed E-state index contributed by atoms with van der Waals surface area (Å²) < 4.78 is 0. The van der Waals surface area contributed by atoms with Gasteiger partial charge in [-0.05, 0) is 20.1 Å². The number of nitrogens with zero attached hydrogens (tertiary/aromatic N) is 3. The van der Waals surface area contributed by atoms with Crippen molar-refractivity contribution in [1.29, 1.82) is 5.26 Å². The van der Waals surface area contributed by atoms with Crippen molar-refractivity contribution in [2.24, 2.45) is 0 Å². The van der Waals surface area contributed by atoms with Gasteiger partial charge in [-0.25, -0.2) is 9.97 Å². The lowest BCUT2D eigenvalue weighted by atomic mass is 10.3. The normalized spacial score (nSPS) is 9.93. The summed E-state index contributed by atoms with van der Waals surface area (Å²) in [5.74, 6) is 0.613. The summed E-state index contributed by atoms with van der Waals surface area (Å²) in [5.41, 5.74) is 0.483. The Labute approximate surface area is 87.8 Å². The van der Waals surface area contributed by atoms with Crippen molar-refractivity contribution in [2.45, 2.75) is 25.0 Å². The molecule has 0 saturated heterocycles. The van der Waals surface area contributed by atoms with E-state index < -0.39 is 0 Å². The number of nitriles is 1. The number of rotatable bonds is 3. The number of hydrogen-bond donors (Lipinski definition) is 1. The SMILES string of the molecule is CSc1ncc(C#N)c(NC(C)C)n1. The predicted octanol–water partition coefficient (Wildman–Crippen LogP) is 1.89. The number of aromatic nitrogens is 2. The standard InChI is InChI=1S/C9H12N4S/c1-6(2)12-8-7(4-10)5-11-9(13-8)14-3/h5-6H,1-3H3,(H,11,12,13). The number of nitrogens with one attached hydrogen (secondary N) is 1. The average molecular weight is 208 g/mol. The van der Waals surface area contributed by atoms with Crippen LogP contribution in [0.1, 0.15) is 19.4 Å². The Morgan fingerprint density at radius 3 is 2.79 bits per heavy atom. The molecule has 1 rings (SSSR count). The quantitative estimate of drug-likeness (QED) is 0.607. The fourth-order valence-corrected chi connectivity index (χ4v) is 1.27. The van der Waals surface area contributed by atoms with Gasteiger partial charge in [-0.3, -0.25) is 0 Å². The zero-order valence-corrected chi connectivity index (χ0v) is 9.22. The van der Waals surface area contributed by atoms with E-state index in [2.05, 4.69) is 21.4 Å². The van der Waals surface area contributed by atoms with E-state index >= 15 is 0 Å². The Bertz CT molecular complexity index is 356. The van der Waals surface area contributed by atoms with Crippen LogP contribution >= 0.6 is 11.8 Å². The molecule has 5 heteroatoms. The van der Waals surface area contributed by atoms with Gasteiger partial charge in [0, 0.05) is 6.04 Å². The first-order chi connectivity index (χ1) is 6.67. The van der Waals surface area contributed by atoms with Crippen molar-refractivity contribution in [3.63, 3.8) is 0 Å². The molecule has 0 bridgehead atoms. The van der Waals surface area contributed by atoms with Crippen LogP contribution in [-0.4, -0.2) is 22.3 Å². The molecule has 0 aliphatic rings. The summed E-state index contributed by atoms with van der Waals surface area (Å²) in [6.45, 7) is 4.00. The van der Waals surface area contributed by atoms with Crippen LogP contribution in [-0.2, 0) is 0 Å². The summed E-state index contributed by atoms with van der Waals surface area (Å²) >= 11 is 1.46. The Morgan fingerprint density at radius 2 is 2.29 bits per heavy atom. The molecule has 1 aromatic rings. The second-order valence-corrected chi connectivity index (χ2v) is 3.80. The van der Waals surface area contributed by atoms with Gasteiger partial charge in [0.1, 0.15) is 17.5 Å². The molecule has 0 spiro atoms. The third-order valence-electron chi connectivity index (χ3n) is 1.50. The van der Waals surface area contributed by atoms with Gasteiger partial charge in [0.05, 0.1) is 6.20 Å². The minimum absolute atomic E-state index is 0.256. The highest BCUT2D eigenvalue weighted by atomic mass is 32.2. The Morgan fingerprint density at radius 1 is 1.57 bits per heavy atom. The maximum absolute atomic E-state index is 8.82. The molecule has 0 aliphatic heterocycles. The molecule has 0 atom stereocenters. The fraction of sp³-hybridized carbons (Fsp3) is 0.444. The molecule has 14 heavy (non-hydrogen) atoms. The molecule has 1 aromatic heterocycles. The molecule has 4 nitrogen and oxygen atoms in total. The van der Waals surface area contributed by atoms with E-state index in [1.165, 1.54) is 11.8 Å². The largest absolute Gasteiger partial charge is 0.367 e. The average Bonchev–Trinajstić information content (AvgIpc) is 2.16. The van der Waals surface area contributed by atoms with E-state index in [1.54, 1.807) is 6.20 Å². The van der Waals surface area contributed by atoms with Gasteiger partial charge in [0.25, 0.3) is 0 Å². The summed E-state index contributed by atoms with van der Waals surface area (Å²) in [6, 6.07) is 2.31. The lowest BCUT2D eigenvalue weighted by Gasteiger charge is -2.10. The van der Waals surface area contributed by atoms with Gasteiger partial charge in [-0.1, -0.05) is 11.8 Å². The van der Waals surface area contributed by atoms with E-state index in [0.717, 1.165) is 0 Å². The molecule has 0 unspecified atom stereocenters. The molecule has 0 aliphatic carbocycles. The first kappa shape index (κ1) is 10.8. The first-order valence-corrected chi connectivity index (χ1v) is 5.47.